The van der Waals surface area contributed by atoms with Gasteiger partial charge in [0.15, 0.2) is 18.2 Å². The number of halogens is 1. The largest absolute Gasteiger partial charge is 0.480 e. The summed E-state index contributed by atoms with van der Waals surface area (Å²) in [5.74, 6) is 0.104. The van der Waals surface area contributed by atoms with E-state index in [0.717, 1.165) is 0 Å². The Balaban J connectivity index is 1.59. The van der Waals surface area contributed by atoms with Crippen molar-refractivity contribution in [2.45, 2.75) is 30.7 Å². The number of hydrogen-bond donors (Lipinski definition) is 4. The van der Waals surface area contributed by atoms with Gasteiger partial charge in [-0.25, -0.2) is 0 Å². The zero-order valence-corrected chi connectivity index (χ0v) is 19.7. The number of carbonyl (C=O) groups is 1. The predicted molar refractivity (Wildman–Crippen MR) is 133 cm³/mol. The summed E-state index contributed by atoms with van der Waals surface area (Å²) in [6.07, 6.45) is -5.44. The summed E-state index contributed by atoms with van der Waals surface area (Å²) in [4.78, 5) is 13.3. The number of hydrogen-bond acceptors (Lipinski definition) is 7. The molecule has 9 heteroatoms. The van der Waals surface area contributed by atoms with Gasteiger partial charge in [-0.3, -0.25) is 4.79 Å². The number of benzene rings is 3. The molecule has 4 N–H and O–H groups in total. The molecule has 36 heavy (non-hydrogen) atoms. The first kappa shape index (κ1) is 24.5. The standard InChI is InChI=1S/C27H24ClNO7/c28-16-10-11-17-20(12-16)29(13-21(17)35-26-25(33)24(32)22(14-30)36-27(26)34)19-9-5-4-8-18(19)23(31)15-6-2-1-3-7-15/h1-13,22,24-27,30,32-34H,14H2/t22-,24+,25+,26-,27-/m1/s1. The molecule has 1 aliphatic rings. The second-order valence-corrected chi connectivity index (χ2v) is 8.98. The highest BCUT2D eigenvalue weighted by Gasteiger charge is 2.45. The molecule has 8 nitrogen and oxygen atoms in total. The van der Waals surface area contributed by atoms with Crippen molar-refractivity contribution in [3.05, 3.63) is 95.1 Å². The first-order valence-corrected chi connectivity index (χ1v) is 11.7. The fraction of sp³-hybridized carbons (Fsp3) is 0.222. The van der Waals surface area contributed by atoms with Crippen LogP contribution in [0.4, 0.5) is 0 Å². The Kier molecular flexibility index (Phi) is 6.81. The van der Waals surface area contributed by atoms with Gasteiger partial charge in [-0.15, -0.1) is 0 Å². The molecular formula is C27H24ClNO7. The maximum absolute atomic E-state index is 13.3. The van der Waals surface area contributed by atoms with Gasteiger partial charge in [0.05, 0.1) is 24.0 Å². The van der Waals surface area contributed by atoms with Crippen LogP contribution < -0.4 is 4.74 Å². The minimum Gasteiger partial charge on any atom is -0.480 e. The van der Waals surface area contributed by atoms with E-state index in [1.54, 1.807) is 71.4 Å². The van der Waals surface area contributed by atoms with Gasteiger partial charge in [-0.1, -0.05) is 54.1 Å². The molecule has 1 fully saturated rings. The Bertz CT molecular complexity index is 1390. The number of carbonyl (C=O) groups excluding carboxylic acids is 1. The lowest BCUT2D eigenvalue weighted by Gasteiger charge is -2.39. The van der Waals surface area contributed by atoms with Gasteiger partial charge in [0.2, 0.25) is 0 Å². The molecule has 0 radical (unpaired) electrons. The van der Waals surface area contributed by atoms with E-state index >= 15 is 0 Å². The quantitative estimate of drug-likeness (QED) is 0.295. The number of ether oxygens (including phenoxy) is 2. The summed E-state index contributed by atoms with van der Waals surface area (Å²) in [5.41, 5.74) is 2.19. The molecule has 1 aliphatic heterocycles. The van der Waals surface area contributed by atoms with E-state index in [1.807, 2.05) is 12.1 Å². The molecule has 1 saturated heterocycles. The third-order valence-electron chi connectivity index (χ3n) is 6.28. The van der Waals surface area contributed by atoms with Crippen molar-refractivity contribution < 1.29 is 34.7 Å². The molecule has 0 saturated carbocycles. The second kappa shape index (κ2) is 10.0. The first-order valence-electron chi connectivity index (χ1n) is 11.4. The van der Waals surface area contributed by atoms with Gasteiger partial charge in [0, 0.05) is 21.5 Å². The Morgan fingerprint density at radius 3 is 2.44 bits per heavy atom. The molecule has 3 aromatic carbocycles. The van der Waals surface area contributed by atoms with E-state index in [0.29, 0.717) is 32.7 Å². The lowest BCUT2D eigenvalue weighted by molar-refractivity contribution is -0.280. The topological polar surface area (TPSA) is 121 Å². The molecule has 0 unspecified atom stereocenters. The molecule has 4 aromatic rings. The highest BCUT2D eigenvalue weighted by Crippen LogP contribution is 2.36. The van der Waals surface area contributed by atoms with Crippen LogP contribution in [0.5, 0.6) is 5.75 Å². The van der Waals surface area contributed by atoms with Crippen LogP contribution in [0.25, 0.3) is 16.6 Å². The number of para-hydroxylation sites is 1. The average Bonchev–Trinajstić information content (AvgIpc) is 3.25. The van der Waals surface area contributed by atoms with E-state index in [4.69, 9.17) is 21.1 Å². The van der Waals surface area contributed by atoms with Crippen molar-refractivity contribution in [1.82, 2.24) is 4.57 Å². The molecule has 0 amide bonds. The van der Waals surface area contributed by atoms with Gasteiger partial charge in [-0.05, 0) is 30.3 Å². The van der Waals surface area contributed by atoms with Gasteiger partial charge in [0.1, 0.15) is 24.1 Å². The normalized spacial score (nSPS) is 24.1. The zero-order chi connectivity index (χ0) is 25.4. The SMILES string of the molecule is O=C(c1ccccc1)c1ccccc1-n1cc(O[C@@H]2[C@@H](O)[C@@H](O)[C@@H](CO)O[C@H]2O)c2ccc(Cl)cc21. The van der Waals surface area contributed by atoms with Crippen molar-refractivity contribution in [3.63, 3.8) is 0 Å². The number of aliphatic hydroxyl groups excluding tert-OH is 4. The Morgan fingerprint density at radius 2 is 1.69 bits per heavy atom. The molecule has 2 heterocycles. The smallest absolute Gasteiger partial charge is 0.195 e. The zero-order valence-electron chi connectivity index (χ0n) is 18.9. The highest BCUT2D eigenvalue weighted by atomic mass is 35.5. The summed E-state index contributed by atoms with van der Waals surface area (Å²) in [6.45, 7) is -0.577. The van der Waals surface area contributed by atoms with E-state index < -0.39 is 37.3 Å². The van der Waals surface area contributed by atoms with Crippen molar-refractivity contribution >= 4 is 28.3 Å². The van der Waals surface area contributed by atoms with E-state index in [-0.39, 0.29) is 11.5 Å². The fourth-order valence-corrected chi connectivity index (χ4v) is 4.59. The van der Waals surface area contributed by atoms with Crippen LogP contribution in [0.2, 0.25) is 5.02 Å². The Hall–Kier alpha value is -3.24. The van der Waals surface area contributed by atoms with E-state index in [1.165, 1.54) is 0 Å². The number of rotatable bonds is 6. The minimum atomic E-state index is -1.60. The molecule has 1 aromatic heterocycles. The summed E-state index contributed by atoms with van der Waals surface area (Å²) < 4.78 is 12.9. The van der Waals surface area contributed by atoms with Gasteiger partial charge >= 0.3 is 0 Å². The number of aliphatic hydroxyl groups is 4. The van der Waals surface area contributed by atoms with Crippen LogP contribution in [0.1, 0.15) is 15.9 Å². The third kappa shape index (κ3) is 4.39. The van der Waals surface area contributed by atoms with Crippen LogP contribution >= 0.6 is 11.6 Å². The third-order valence-corrected chi connectivity index (χ3v) is 6.52. The molecule has 0 bridgehead atoms. The minimum absolute atomic E-state index is 0.165. The summed E-state index contributed by atoms with van der Waals surface area (Å²) in [6, 6.07) is 21.1. The van der Waals surface area contributed by atoms with Crippen molar-refractivity contribution in [2.75, 3.05) is 6.61 Å². The molecular weight excluding hydrogens is 486 g/mol. The van der Waals surface area contributed by atoms with Crippen molar-refractivity contribution in [2.24, 2.45) is 0 Å². The number of ketones is 1. The lowest BCUT2D eigenvalue weighted by atomic mass is 9.99. The van der Waals surface area contributed by atoms with Crippen molar-refractivity contribution in [3.8, 4) is 11.4 Å². The van der Waals surface area contributed by atoms with E-state index in [9.17, 15) is 25.2 Å². The number of aromatic nitrogens is 1. The summed E-state index contributed by atoms with van der Waals surface area (Å²) in [5, 5.41) is 41.6. The van der Waals surface area contributed by atoms with Crippen LogP contribution in [0.3, 0.4) is 0 Å². The number of fused-ring (bicyclic) bond motifs is 1. The molecule has 0 spiro atoms. The lowest BCUT2D eigenvalue weighted by Crippen LogP contribution is -2.60. The fourth-order valence-electron chi connectivity index (χ4n) is 4.43. The van der Waals surface area contributed by atoms with Gasteiger partial charge in [-0.2, -0.15) is 0 Å². The summed E-state index contributed by atoms with van der Waals surface area (Å²) >= 11 is 6.30. The van der Waals surface area contributed by atoms with Gasteiger partial charge < -0.3 is 34.5 Å². The van der Waals surface area contributed by atoms with E-state index in [2.05, 4.69) is 0 Å². The Morgan fingerprint density at radius 1 is 0.972 bits per heavy atom. The average molecular weight is 510 g/mol. The Labute approximate surface area is 211 Å². The predicted octanol–water partition coefficient (Wildman–Crippen LogP) is 2.69. The maximum atomic E-state index is 13.3. The molecule has 5 rings (SSSR count). The second-order valence-electron chi connectivity index (χ2n) is 8.55. The highest BCUT2D eigenvalue weighted by molar-refractivity contribution is 6.31. The maximum Gasteiger partial charge on any atom is 0.195 e. The van der Waals surface area contributed by atoms with Gasteiger partial charge in [0.25, 0.3) is 0 Å². The molecule has 186 valence electrons. The van der Waals surface area contributed by atoms with Crippen LogP contribution in [-0.4, -0.2) is 68.1 Å². The monoisotopic (exact) mass is 509 g/mol. The van der Waals surface area contributed by atoms with Crippen LogP contribution in [-0.2, 0) is 4.74 Å². The first-order chi connectivity index (χ1) is 17.4. The summed E-state index contributed by atoms with van der Waals surface area (Å²) in [7, 11) is 0. The van der Waals surface area contributed by atoms with Crippen LogP contribution in [0, 0.1) is 0 Å². The van der Waals surface area contributed by atoms with Crippen LogP contribution in [0.15, 0.2) is 79.0 Å². The molecule has 5 atom stereocenters. The number of nitrogens with zero attached hydrogens (tertiary/aromatic N) is 1. The van der Waals surface area contributed by atoms with Crippen molar-refractivity contribution in [1.29, 1.82) is 0 Å². The molecule has 0 aliphatic carbocycles.